The van der Waals surface area contributed by atoms with Crippen LogP contribution in [0.2, 0.25) is 0 Å². The van der Waals surface area contributed by atoms with Gasteiger partial charge >= 0.3 is 0 Å². The summed E-state index contributed by atoms with van der Waals surface area (Å²) in [5.74, 6) is -0.410. The molecule has 0 saturated heterocycles. The number of methoxy groups -OCH3 is 1. The maximum atomic E-state index is 12.9. The van der Waals surface area contributed by atoms with Gasteiger partial charge in [-0.25, -0.2) is 12.8 Å². The lowest BCUT2D eigenvalue weighted by Gasteiger charge is -2.12. The number of carbonyl (C=O) groups is 1. The Bertz CT molecular complexity index is 869. The summed E-state index contributed by atoms with van der Waals surface area (Å²) >= 11 is 0. The Hall–Kier alpha value is -2.65. The summed E-state index contributed by atoms with van der Waals surface area (Å²) in [6, 6.07) is 8.69. The topological polar surface area (TPSA) is 93.7 Å². The molecule has 1 amide bonds. The number of carbonyl (C=O) groups excluding carboxylic acids is 1. The van der Waals surface area contributed by atoms with Crippen LogP contribution in [0, 0.1) is 5.82 Å². The first-order valence-electron chi connectivity index (χ1n) is 7.76. The van der Waals surface area contributed by atoms with E-state index in [1.807, 2.05) is 11.8 Å². The smallest absolute Gasteiger partial charge is 0.266 e. The van der Waals surface area contributed by atoms with E-state index in [0.717, 1.165) is 30.7 Å². The van der Waals surface area contributed by atoms with Gasteiger partial charge in [0.05, 0.1) is 18.6 Å². The maximum Gasteiger partial charge on any atom is 0.266 e. The van der Waals surface area contributed by atoms with E-state index < -0.39 is 21.7 Å². The van der Waals surface area contributed by atoms with Gasteiger partial charge in [-0.1, -0.05) is 6.92 Å². The van der Waals surface area contributed by atoms with Crippen LogP contribution in [0.1, 0.15) is 23.7 Å². The number of halogens is 1. The Kier molecular flexibility index (Phi) is 6.53. The fraction of sp³-hybridized carbons (Fsp3) is 0.235. The van der Waals surface area contributed by atoms with Crippen molar-refractivity contribution in [1.82, 2.24) is 10.3 Å². The second-order valence-corrected chi connectivity index (χ2v) is 6.91. The Morgan fingerprint density at radius 3 is 2.42 bits per heavy atom. The van der Waals surface area contributed by atoms with E-state index in [1.54, 1.807) is 6.07 Å². The molecule has 0 spiro atoms. The summed E-state index contributed by atoms with van der Waals surface area (Å²) in [6.07, 6.45) is 0.816. The highest BCUT2D eigenvalue weighted by molar-refractivity contribution is 7.89. The van der Waals surface area contributed by atoms with Crippen molar-refractivity contribution in [3.63, 3.8) is 0 Å². The van der Waals surface area contributed by atoms with Crippen LogP contribution in [0.4, 0.5) is 4.39 Å². The summed E-state index contributed by atoms with van der Waals surface area (Å²) in [5, 5.41) is 0. The van der Waals surface area contributed by atoms with Crippen molar-refractivity contribution in [2.75, 3.05) is 13.7 Å². The summed E-state index contributed by atoms with van der Waals surface area (Å²) in [5.41, 5.74) is 2.27. The molecular weight excluding hydrogens is 363 g/mol. The van der Waals surface area contributed by atoms with Crippen LogP contribution < -0.4 is 19.7 Å². The minimum absolute atomic E-state index is 0.174. The molecule has 0 atom stereocenters. The molecule has 7 nitrogen and oxygen atoms in total. The molecular formula is C17H19FN2O5S. The third kappa shape index (κ3) is 4.93. The highest BCUT2D eigenvalue weighted by atomic mass is 32.2. The Morgan fingerprint density at radius 1 is 1.12 bits per heavy atom. The average molecular weight is 382 g/mol. The largest absolute Gasteiger partial charge is 0.493 e. The van der Waals surface area contributed by atoms with Crippen LogP contribution in [-0.4, -0.2) is 28.0 Å². The SMILES string of the molecule is CCCOc1ccc(C(=O)NNS(=O)(=O)c2ccc(F)cc2)cc1OC. The number of hydrazine groups is 1. The minimum Gasteiger partial charge on any atom is -0.493 e. The number of sulfonamides is 1. The molecule has 140 valence electrons. The molecule has 0 aliphatic rings. The number of nitrogens with one attached hydrogen (secondary N) is 2. The van der Waals surface area contributed by atoms with Crippen LogP contribution in [0.15, 0.2) is 47.4 Å². The average Bonchev–Trinajstić information content (AvgIpc) is 2.64. The zero-order chi connectivity index (χ0) is 19.2. The Morgan fingerprint density at radius 2 is 1.81 bits per heavy atom. The van der Waals surface area contributed by atoms with Crippen LogP contribution in [0.25, 0.3) is 0 Å². The fourth-order valence-corrected chi connectivity index (χ4v) is 2.84. The molecule has 0 fully saturated rings. The van der Waals surface area contributed by atoms with Gasteiger partial charge in [0.2, 0.25) is 0 Å². The van der Waals surface area contributed by atoms with E-state index in [4.69, 9.17) is 9.47 Å². The summed E-state index contributed by atoms with van der Waals surface area (Å²) in [4.78, 5) is 14.0. The van der Waals surface area contributed by atoms with Gasteiger partial charge in [-0.3, -0.25) is 10.2 Å². The van der Waals surface area contributed by atoms with Crippen LogP contribution >= 0.6 is 0 Å². The second-order valence-electron chi connectivity index (χ2n) is 5.23. The molecule has 0 radical (unpaired) electrons. The molecule has 0 unspecified atom stereocenters. The normalized spacial score (nSPS) is 11.0. The molecule has 26 heavy (non-hydrogen) atoms. The number of rotatable bonds is 8. The molecule has 9 heteroatoms. The van der Waals surface area contributed by atoms with Crippen LogP contribution in [0.3, 0.4) is 0 Å². The number of ether oxygens (including phenoxy) is 2. The van der Waals surface area contributed by atoms with Crippen LogP contribution in [-0.2, 0) is 10.0 Å². The van der Waals surface area contributed by atoms with Crippen molar-refractivity contribution >= 4 is 15.9 Å². The van der Waals surface area contributed by atoms with E-state index in [2.05, 4.69) is 5.43 Å². The highest BCUT2D eigenvalue weighted by Gasteiger charge is 2.17. The zero-order valence-electron chi connectivity index (χ0n) is 14.3. The molecule has 0 aliphatic heterocycles. The second kappa shape index (κ2) is 8.63. The van der Waals surface area contributed by atoms with Crippen molar-refractivity contribution in [3.05, 3.63) is 53.8 Å². The minimum atomic E-state index is -4.02. The molecule has 0 aromatic heterocycles. The number of benzene rings is 2. The number of hydrogen-bond donors (Lipinski definition) is 2. The van der Waals surface area contributed by atoms with E-state index in [9.17, 15) is 17.6 Å². The molecule has 2 N–H and O–H groups in total. The van der Waals surface area contributed by atoms with Crippen molar-refractivity contribution in [1.29, 1.82) is 0 Å². The molecule has 0 heterocycles. The van der Waals surface area contributed by atoms with Crippen molar-refractivity contribution in [2.45, 2.75) is 18.2 Å². The van der Waals surface area contributed by atoms with Gasteiger partial charge in [0.15, 0.2) is 11.5 Å². The van der Waals surface area contributed by atoms with E-state index in [0.29, 0.717) is 18.1 Å². The summed E-state index contributed by atoms with van der Waals surface area (Å²) in [7, 11) is -2.58. The maximum absolute atomic E-state index is 12.9. The molecule has 0 saturated carbocycles. The molecule has 2 aromatic rings. The van der Waals surface area contributed by atoms with Gasteiger partial charge in [0, 0.05) is 5.56 Å². The van der Waals surface area contributed by atoms with Gasteiger partial charge in [-0.05, 0) is 48.9 Å². The van der Waals surface area contributed by atoms with Gasteiger partial charge in [-0.2, -0.15) is 0 Å². The number of hydrogen-bond acceptors (Lipinski definition) is 5. The third-order valence-corrected chi connectivity index (χ3v) is 4.57. The number of amides is 1. The van der Waals surface area contributed by atoms with Crippen molar-refractivity contribution in [3.8, 4) is 11.5 Å². The van der Waals surface area contributed by atoms with Crippen LogP contribution in [0.5, 0.6) is 11.5 Å². The van der Waals surface area contributed by atoms with E-state index >= 15 is 0 Å². The summed E-state index contributed by atoms with van der Waals surface area (Å²) in [6.45, 7) is 2.46. The van der Waals surface area contributed by atoms with Crippen molar-refractivity contribution < 1.29 is 27.1 Å². The Balaban J connectivity index is 2.08. The van der Waals surface area contributed by atoms with E-state index in [-0.39, 0.29) is 10.5 Å². The lowest BCUT2D eigenvalue weighted by Crippen LogP contribution is -2.41. The highest BCUT2D eigenvalue weighted by Crippen LogP contribution is 2.28. The van der Waals surface area contributed by atoms with Crippen molar-refractivity contribution in [2.24, 2.45) is 0 Å². The quantitative estimate of drug-likeness (QED) is 0.683. The van der Waals surface area contributed by atoms with E-state index in [1.165, 1.54) is 19.2 Å². The third-order valence-electron chi connectivity index (χ3n) is 3.31. The lowest BCUT2D eigenvalue weighted by molar-refractivity contribution is 0.0944. The molecule has 2 rings (SSSR count). The van der Waals surface area contributed by atoms with Gasteiger partial charge < -0.3 is 9.47 Å². The molecule has 0 bridgehead atoms. The fourth-order valence-electron chi connectivity index (χ4n) is 2.00. The lowest BCUT2D eigenvalue weighted by atomic mass is 10.2. The molecule has 2 aromatic carbocycles. The Labute approximate surface area is 151 Å². The molecule has 0 aliphatic carbocycles. The van der Waals surface area contributed by atoms with Gasteiger partial charge in [-0.15, -0.1) is 4.83 Å². The van der Waals surface area contributed by atoms with Gasteiger partial charge in [0.25, 0.3) is 15.9 Å². The monoisotopic (exact) mass is 382 g/mol. The zero-order valence-corrected chi connectivity index (χ0v) is 15.1. The predicted molar refractivity (Wildman–Crippen MR) is 93.0 cm³/mol. The summed E-state index contributed by atoms with van der Waals surface area (Å²) < 4.78 is 47.7. The van der Waals surface area contributed by atoms with Gasteiger partial charge in [0.1, 0.15) is 5.82 Å². The first-order chi connectivity index (χ1) is 12.4. The first-order valence-corrected chi connectivity index (χ1v) is 9.24. The standard InChI is InChI=1S/C17H19FN2O5S/c1-3-10-25-15-9-4-12(11-16(15)24-2)17(21)19-20-26(22,23)14-7-5-13(18)6-8-14/h4-9,11,20H,3,10H2,1-2H3,(H,19,21). The predicted octanol–water partition coefficient (Wildman–Crippen LogP) is 2.25. The first kappa shape index (κ1) is 19.7.